The maximum Gasteiger partial charge on any atom is 0.324 e. The number of hydrogen-bond acceptors (Lipinski definition) is 5. The summed E-state index contributed by atoms with van der Waals surface area (Å²) in [5.41, 5.74) is 0. The van der Waals surface area contributed by atoms with E-state index in [4.69, 9.17) is 0 Å². The smallest absolute Gasteiger partial charge is 0.324 e. The molecule has 0 saturated carbocycles. The number of carbonyl (C=O) groups excluding carboxylic acids is 1. The SMILES string of the molecule is COC(=O)C1CC(O)CN1S(=O)(=O)c1ccccc1Br. The van der Waals surface area contributed by atoms with Gasteiger partial charge in [-0.1, -0.05) is 12.1 Å². The molecule has 0 aliphatic carbocycles. The second-order valence-electron chi connectivity index (χ2n) is 4.43. The zero-order valence-corrected chi connectivity index (χ0v) is 13.1. The third kappa shape index (κ3) is 2.73. The molecular formula is C12H14BrNO5S. The fourth-order valence-electron chi connectivity index (χ4n) is 2.18. The molecule has 20 heavy (non-hydrogen) atoms. The highest BCUT2D eigenvalue weighted by molar-refractivity contribution is 9.10. The van der Waals surface area contributed by atoms with Crippen molar-refractivity contribution in [2.75, 3.05) is 13.7 Å². The van der Waals surface area contributed by atoms with E-state index >= 15 is 0 Å². The predicted molar refractivity (Wildman–Crippen MR) is 74.5 cm³/mol. The van der Waals surface area contributed by atoms with E-state index in [1.807, 2.05) is 0 Å². The van der Waals surface area contributed by atoms with Crippen LogP contribution in [0.15, 0.2) is 33.6 Å². The number of benzene rings is 1. The number of β-amino-alcohol motifs (C(OH)–C–C–N with tert-alkyl or cyclic N) is 1. The zero-order chi connectivity index (χ0) is 14.9. The molecule has 1 aliphatic heterocycles. The van der Waals surface area contributed by atoms with Gasteiger partial charge in [-0.25, -0.2) is 8.42 Å². The first kappa shape index (κ1) is 15.4. The van der Waals surface area contributed by atoms with Crippen molar-refractivity contribution < 1.29 is 23.1 Å². The Labute approximate surface area is 125 Å². The summed E-state index contributed by atoms with van der Waals surface area (Å²) in [6, 6.07) is 5.34. The summed E-state index contributed by atoms with van der Waals surface area (Å²) < 4.78 is 31.2. The van der Waals surface area contributed by atoms with Gasteiger partial charge in [-0.2, -0.15) is 4.31 Å². The van der Waals surface area contributed by atoms with E-state index in [0.29, 0.717) is 4.47 Å². The molecule has 0 radical (unpaired) electrons. The second kappa shape index (κ2) is 5.80. The van der Waals surface area contributed by atoms with Crippen molar-refractivity contribution >= 4 is 31.9 Å². The molecule has 1 fully saturated rings. The standard InChI is InChI=1S/C12H14BrNO5S/c1-19-12(16)10-6-8(15)7-14(10)20(17,18)11-5-3-2-4-9(11)13/h2-5,8,10,15H,6-7H2,1H3. The van der Waals surface area contributed by atoms with Crippen molar-refractivity contribution in [3.8, 4) is 0 Å². The largest absolute Gasteiger partial charge is 0.468 e. The minimum atomic E-state index is -3.88. The summed E-state index contributed by atoms with van der Waals surface area (Å²) in [4.78, 5) is 11.7. The van der Waals surface area contributed by atoms with Crippen molar-refractivity contribution in [2.45, 2.75) is 23.5 Å². The van der Waals surface area contributed by atoms with Gasteiger partial charge in [0, 0.05) is 17.4 Å². The lowest BCUT2D eigenvalue weighted by Crippen LogP contribution is -2.41. The van der Waals surface area contributed by atoms with Gasteiger partial charge in [0.25, 0.3) is 0 Å². The predicted octanol–water partition coefficient (Wildman–Crippen LogP) is 0.746. The molecule has 1 aromatic rings. The Morgan fingerprint density at radius 1 is 1.45 bits per heavy atom. The van der Waals surface area contributed by atoms with Crippen LogP contribution in [0.2, 0.25) is 0 Å². The Morgan fingerprint density at radius 3 is 2.70 bits per heavy atom. The zero-order valence-electron chi connectivity index (χ0n) is 10.7. The molecule has 2 atom stereocenters. The van der Waals surface area contributed by atoms with Crippen LogP contribution >= 0.6 is 15.9 Å². The summed E-state index contributed by atoms with van der Waals surface area (Å²) in [5, 5.41) is 9.67. The maximum atomic E-state index is 12.6. The molecular weight excluding hydrogens is 350 g/mol. The van der Waals surface area contributed by atoms with Crippen LogP contribution in [0.3, 0.4) is 0 Å². The van der Waals surface area contributed by atoms with Crippen molar-refractivity contribution in [3.63, 3.8) is 0 Å². The Bertz CT molecular complexity index is 618. The van der Waals surface area contributed by atoms with Gasteiger partial charge < -0.3 is 9.84 Å². The van der Waals surface area contributed by atoms with Gasteiger partial charge in [0.05, 0.1) is 18.1 Å². The van der Waals surface area contributed by atoms with E-state index in [1.165, 1.54) is 13.2 Å². The summed E-state index contributed by atoms with van der Waals surface area (Å²) in [5.74, 6) is -0.669. The number of methoxy groups -OCH3 is 1. The number of halogens is 1. The topological polar surface area (TPSA) is 83.9 Å². The van der Waals surface area contributed by atoms with E-state index in [1.54, 1.807) is 18.2 Å². The van der Waals surface area contributed by atoms with Gasteiger partial charge in [-0.05, 0) is 28.1 Å². The molecule has 0 spiro atoms. The lowest BCUT2D eigenvalue weighted by atomic mass is 10.2. The highest BCUT2D eigenvalue weighted by atomic mass is 79.9. The molecule has 1 heterocycles. The van der Waals surface area contributed by atoms with Crippen LogP contribution in [0.1, 0.15) is 6.42 Å². The molecule has 0 aromatic heterocycles. The van der Waals surface area contributed by atoms with Crippen molar-refractivity contribution in [3.05, 3.63) is 28.7 Å². The van der Waals surface area contributed by atoms with Crippen LogP contribution < -0.4 is 0 Å². The van der Waals surface area contributed by atoms with Gasteiger partial charge >= 0.3 is 5.97 Å². The molecule has 0 amide bonds. The normalized spacial score (nSPS) is 23.8. The Hall–Kier alpha value is -0.960. The minimum Gasteiger partial charge on any atom is -0.468 e. The van der Waals surface area contributed by atoms with Crippen molar-refractivity contribution in [2.24, 2.45) is 0 Å². The summed E-state index contributed by atoms with van der Waals surface area (Å²) in [7, 11) is -2.69. The highest BCUT2D eigenvalue weighted by Gasteiger charge is 2.44. The lowest BCUT2D eigenvalue weighted by molar-refractivity contribution is -0.144. The van der Waals surface area contributed by atoms with Gasteiger partial charge in [0.2, 0.25) is 10.0 Å². The number of rotatable bonds is 3. The monoisotopic (exact) mass is 363 g/mol. The van der Waals surface area contributed by atoms with Gasteiger partial charge in [-0.3, -0.25) is 4.79 Å². The first-order valence-electron chi connectivity index (χ1n) is 5.90. The Balaban J connectivity index is 2.43. The van der Waals surface area contributed by atoms with E-state index in [0.717, 1.165) is 4.31 Å². The van der Waals surface area contributed by atoms with E-state index in [9.17, 15) is 18.3 Å². The second-order valence-corrected chi connectivity index (χ2v) is 7.15. The number of nitrogens with zero attached hydrogens (tertiary/aromatic N) is 1. The Morgan fingerprint density at radius 2 is 2.10 bits per heavy atom. The highest BCUT2D eigenvalue weighted by Crippen LogP contribution is 2.30. The van der Waals surface area contributed by atoms with Crippen LogP contribution in [-0.2, 0) is 19.6 Å². The first-order valence-corrected chi connectivity index (χ1v) is 8.13. The number of carbonyl (C=O) groups is 1. The van der Waals surface area contributed by atoms with Crippen molar-refractivity contribution in [1.29, 1.82) is 0 Å². The van der Waals surface area contributed by atoms with E-state index in [2.05, 4.69) is 20.7 Å². The molecule has 6 nitrogen and oxygen atoms in total. The quantitative estimate of drug-likeness (QED) is 0.801. The number of aliphatic hydroxyl groups excluding tert-OH is 1. The summed E-state index contributed by atoms with van der Waals surface area (Å²) >= 11 is 3.18. The molecule has 1 N–H and O–H groups in total. The number of esters is 1. The number of ether oxygens (including phenoxy) is 1. The van der Waals surface area contributed by atoms with Crippen LogP contribution in [0, 0.1) is 0 Å². The van der Waals surface area contributed by atoms with Crippen LogP contribution in [0.5, 0.6) is 0 Å². The maximum absolute atomic E-state index is 12.6. The fourth-order valence-corrected chi connectivity index (χ4v) is 4.77. The average molecular weight is 364 g/mol. The molecule has 8 heteroatoms. The third-order valence-corrected chi connectivity index (χ3v) is 6.02. The molecule has 1 aliphatic rings. The van der Waals surface area contributed by atoms with Gasteiger partial charge in [0.15, 0.2) is 0 Å². The first-order chi connectivity index (χ1) is 9.37. The van der Waals surface area contributed by atoms with Crippen LogP contribution in [0.4, 0.5) is 0 Å². The molecule has 1 aromatic carbocycles. The lowest BCUT2D eigenvalue weighted by Gasteiger charge is -2.22. The number of sulfonamides is 1. The summed E-state index contributed by atoms with van der Waals surface area (Å²) in [6.45, 7) is -0.122. The van der Waals surface area contributed by atoms with E-state index in [-0.39, 0.29) is 17.9 Å². The van der Waals surface area contributed by atoms with Gasteiger partial charge in [-0.15, -0.1) is 0 Å². The molecule has 2 rings (SSSR count). The number of hydrogen-bond donors (Lipinski definition) is 1. The number of aliphatic hydroxyl groups is 1. The van der Waals surface area contributed by atoms with Gasteiger partial charge in [0.1, 0.15) is 6.04 Å². The summed E-state index contributed by atoms with van der Waals surface area (Å²) in [6.07, 6.45) is -0.840. The van der Waals surface area contributed by atoms with Crippen molar-refractivity contribution in [1.82, 2.24) is 4.31 Å². The van der Waals surface area contributed by atoms with E-state index < -0.39 is 28.1 Å². The fraction of sp³-hybridized carbons (Fsp3) is 0.417. The molecule has 0 bridgehead atoms. The third-order valence-electron chi connectivity index (χ3n) is 3.13. The minimum absolute atomic E-state index is 0.0381. The van der Waals surface area contributed by atoms with Crippen LogP contribution in [0.25, 0.3) is 0 Å². The Kier molecular flexibility index (Phi) is 4.48. The average Bonchev–Trinajstić information content (AvgIpc) is 2.81. The molecule has 1 saturated heterocycles. The molecule has 110 valence electrons. The molecule has 2 unspecified atom stereocenters. The van der Waals surface area contributed by atoms with Crippen LogP contribution in [-0.4, -0.2) is 49.6 Å².